The molecule has 0 aliphatic heterocycles. The summed E-state index contributed by atoms with van der Waals surface area (Å²) in [7, 11) is 0. The zero-order valence-corrected chi connectivity index (χ0v) is 14.1. The van der Waals surface area contributed by atoms with Gasteiger partial charge in [-0.2, -0.15) is 13.2 Å². The second-order valence-electron chi connectivity index (χ2n) is 5.55. The Bertz CT molecular complexity index is 528. The van der Waals surface area contributed by atoms with E-state index in [-0.39, 0.29) is 17.6 Å². The molecule has 1 rings (SSSR count). The van der Waals surface area contributed by atoms with Crippen LogP contribution in [-0.2, 0) is 10.9 Å². The fraction of sp³-hybridized carbons (Fsp3) is 0.500. The van der Waals surface area contributed by atoms with E-state index >= 15 is 0 Å². The van der Waals surface area contributed by atoms with Crippen molar-refractivity contribution < 1.29 is 22.7 Å². The van der Waals surface area contributed by atoms with E-state index in [0.29, 0.717) is 5.69 Å². The van der Waals surface area contributed by atoms with Crippen molar-refractivity contribution in [2.45, 2.75) is 32.5 Å². The Labute approximate surface area is 135 Å². The molecule has 0 radical (unpaired) electrons. The maximum absolute atomic E-state index is 12.7. The van der Waals surface area contributed by atoms with Gasteiger partial charge in [-0.1, -0.05) is 15.9 Å². The van der Waals surface area contributed by atoms with Crippen LogP contribution in [0.5, 0.6) is 0 Å². The predicted molar refractivity (Wildman–Crippen MR) is 81.9 cm³/mol. The maximum atomic E-state index is 12.7. The number of alkyl carbamates (subject to hydrolysis) is 1. The lowest BCUT2D eigenvalue weighted by atomic mass is 10.2. The minimum absolute atomic E-state index is 0.0163. The lowest BCUT2D eigenvalue weighted by Crippen LogP contribution is -2.35. The Morgan fingerprint density at radius 1 is 1.23 bits per heavy atom. The first kappa shape index (κ1) is 18.6. The first-order valence-corrected chi connectivity index (χ1v) is 7.36. The molecule has 1 aromatic carbocycles. The SMILES string of the molecule is CC(C)(C)OC(=O)NCCNc1ccc(Br)c(C(F)(F)F)c1. The molecule has 0 fully saturated rings. The van der Waals surface area contributed by atoms with E-state index in [9.17, 15) is 18.0 Å². The fourth-order valence-electron chi connectivity index (χ4n) is 1.54. The van der Waals surface area contributed by atoms with Crippen molar-refractivity contribution in [2.75, 3.05) is 18.4 Å². The zero-order valence-electron chi connectivity index (χ0n) is 12.5. The Morgan fingerprint density at radius 3 is 2.41 bits per heavy atom. The van der Waals surface area contributed by atoms with Crippen molar-refractivity contribution >= 4 is 27.7 Å². The van der Waals surface area contributed by atoms with Crippen molar-refractivity contribution in [1.29, 1.82) is 0 Å². The third-order valence-corrected chi connectivity index (χ3v) is 3.09. The highest BCUT2D eigenvalue weighted by Crippen LogP contribution is 2.36. The summed E-state index contributed by atoms with van der Waals surface area (Å²) in [4.78, 5) is 11.4. The predicted octanol–water partition coefficient (Wildman–Crippen LogP) is 4.40. The molecule has 4 nitrogen and oxygen atoms in total. The van der Waals surface area contributed by atoms with Crippen LogP contribution in [0.1, 0.15) is 26.3 Å². The molecule has 124 valence electrons. The normalized spacial score (nSPS) is 12.0. The highest BCUT2D eigenvalue weighted by molar-refractivity contribution is 9.10. The number of halogens is 4. The van der Waals surface area contributed by atoms with E-state index in [1.165, 1.54) is 12.1 Å². The topological polar surface area (TPSA) is 50.4 Å². The van der Waals surface area contributed by atoms with Gasteiger partial charge in [0.05, 0.1) is 5.56 Å². The Balaban J connectivity index is 2.48. The number of ether oxygens (including phenoxy) is 1. The van der Waals surface area contributed by atoms with Gasteiger partial charge < -0.3 is 15.4 Å². The molecule has 2 N–H and O–H groups in total. The van der Waals surface area contributed by atoms with Gasteiger partial charge in [0.1, 0.15) is 5.60 Å². The van der Waals surface area contributed by atoms with Crippen LogP contribution in [-0.4, -0.2) is 24.8 Å². The van der Waals surface area contributed by atoms with E-state index in [4.69, 9.17) is 4.74 Å². The lowest BCUT2D eigenvalue weighted by molar-refractivity contribution is -0.138. The molecule has 0 aliphatic rings. The number of carbonyl (C=O) groups is 1. The van der Waals surface area contributed by atoms with Gasteiger partial charge >= 0.3 is 12.3 Å². The van der Waals surface area contributed by atoms with Crippen molar-refractivity contribution in [1.82, 2.24) is 5.32 Å². The molecule has 1 amide bonds. The van der Waals surface area contributed by atoms with Crippen molar-refractivity contribution in [2.24, 2.45) is 0 Å². The quantitative estimate of drug-likeness (QED) is 0.758. The van der Waals surface area contributed by atoms with E-state index < -0.39 is 23.4 Å². The summed E-state index contributed by atoms with van der Waals surface area (Å²) in [5, 5.41) is 5.32. The number of rotatable bonds is 4. The van der Waals surface area contributed by atoms with Crippen LogP contribution in [0.15, 0.2) is 22.7 Å². The first-order valence-electron chi connectivity index (χ1n) is 6.56. The molecule has 0 saturated carbocycles. The second-order valence-corrected chi connectivity index (χ2v) is 6.40. The van der Waals surface area contributed by atoms with E-state index in [2.05, 4.69) is 26.6 Å². The molecule has 0 bridgehead atoms. The molecule has 0 aromatic heterocycles. The summed E-state index contributed by atoms with van der Waals surface area (Å²) in [6.07, 6.45) is -4.99. The van der Waals surface area contributed by atoms with Gasteiger partial charge in [0.25, 0.3) is 0 Å². The minimum Gasteiger partial charge on any atom is -0.444 e. The van der Waals surface area contributed by atoms with Gasteiger partial charge in [-0.15, -0.1) is 0 Å². The summed E-state index contributed by atoms with van der Waals surface area (Å²) >= 11 is 2.87. The highest BCUT2D eigenvalue weighted by atomic mass is 79.9. The lowest BCUT2D eigenvalue weighted by Gasteiger charge is -2.19. The van der Waals surface area contributed by atoms with Gasteiger partial charge in [0, 0.05) is 23.2 Å². The number of carbonyl (C=O) groups excluding carboxylic acids is 1. The average molecular weight is 383 g/mol. The molecule has 0 aliphatic carbocycles. The number of hydrogen-bond acceptors (Lipinski definition) is 3. The summed E-state index contributed by atoms with van der Waals surface area (Å²) in [6.45, 7) is 5.73. The smallest absolute Gasteiger partial charge is 0.417 e. The number of benzene rings is 1. The fourth-order valence-corrected chi connectivity index (χ4v) is 2.01. The van der Waals surface area contributed by atoms with Gasteiger partial charge in [0.15, 0.2) is 0 Å². The van der Waals surface area contributed by atoms with Gasteiger partial charge in [-0.05, 0) is 39.0 Å². The molecule has 0 saturated heterocycles. The summed E-state index contributed by atoms with van der Waals surface area (Å²) in [5.74, 6) is 0. The third kappa shape index (κ3) is 6.55. The van der Waals surface area contributed by atoms with Crippen LogP contribution < -0.4 is 10.6 Å². The molecule has 0 spiro atoms. The molecule has 0 atom stereocenters. The molecular weight excluding hydrogens is 365 g/mol. The number of anilines is 1. The number of alkyl halides is 3. The number of hydrogen-bond donors (Lipinski definition) is 2. The monoisotopic (exact) mass is 382 g/mol. The standard InChI is InChI=1S/C14H18BrF3N2O2/c1-13(2,3)22-12(21)20-7-6-19-9-4-5-11(15)10(8-9)14(16,17)18/h4-5,8,19H,6-7H2,1-3H3,(H,20,21). The number of amides is 1. The van der Waals surface area contributed by atoms with Gasteiger partial charge in [-0.3, -0.25) is 0 Å². The summed E-state index contributed by atoms with van der Waals surface area (Å²) < 4.78 is 43.3. The second kappa shape index (κ2) is 7.21. The van der Waals surface area contributed by atoms with Crippen LogP contribution >= 0.6 is 15.9 Å². The zero-order chi connectivity index (χ0) is 17.0. The van der Waals surface area contributed by atoms with Crippen molar-refractivity contribution in [3.05, 3.63) is 28.2 Å². The minimum atomic E-state index is -4.43. The highest BCUT2D eigenvalue weighted by Gasteiger charge is 2.33. The van der Waals surface area contributed by atoms with Gasteiger partial charge in [-0.25, -0.2) is 4.79 Å². The van der Waals surface area contributed by atoms with Crippen LogP contribution in [0.4, 0.5) is 23.7 Å². The molecule has 1 aromatic rings. The Hall–Kier alpha value is -1.44. The third-order valence-electron chi connectivity index (χ3n) is 2.39. The molecule has 0 heterocycles. The van der Waals surface area contributed by atoms with Crippen molar-refractivity contribution in [3.63, 3.8) is 0 Å². The molecule has 0 unspecified atom stereocenters. The first-order chi connectivity index (χ1) is 9.99. The van der Waals surface area contributed by atoms with E-state index in [1.807, 2.05) is 0 Å². The largest absolute Gasteiger partial charge is 0.444 e. The number of nitrogens with one attached hydrogen (secondary N) is 2. The molecule has 22 heavy (non-hydrogen) atoms. The van der Waals surface area contributed by atoms with Crippen LogP contribution in [0, 0.1) is 0 Å². The summed E-state index contributed by atoms with van der Waals surface area (Å²) in [5.41, 5.74) is -1.02. The maximum Gasteiger partial charge on any atom is 0.417 e. The summed E-state index contributed by atoms with van der Waals surface area (Å²) in [6, 6.07) is 3.86. The van der Waals surface area contributed by atoms with E-state index in [1.54, 1.807) is 20.8 Å². The van der Waals surface area contributed by atoms with Gasteiger partial charge in [0.2, 0.25) is 0 Å². The average Bonchev–Trinajstić information content (AvgIpc) is 2.33. The molecule has 8 heteroatoms. The van der Waals surface area contributed by atoms with Crippen LogP contribution in [0.2, 0.25) is 0 Å². The Morgan fingerprint density at radius 2 is 1.86 bits per heavy atom. The van der Waals surface area contributed by atoms with E-state index in [0.717, 1.165) is 6.07 Å². The van der Waals surface area contributed by atoms with Crippen molar-refractivity contribution in [3.8, 4) is 0 Å². The Kier molecular flexibility index (Phi) is 6.10. The van der Waals surface area contributed by atoms with Crippen LogP contribution in [0.25, 0.3) is 0 Å². The van der Waals surface area contributed by atoms with Crippen LogP contribution in [0.3, 0.4) is 0 Å². The molecular formula is C14H18BrF3N2O2.